The molecule has 0 radical (unpaired) electrons. The number of phenolic OH excluding ortho intramolecular Hbond substituents is 3. The fourth-order valence-corrected chi connectivity index (χ4v) is 1.13. The minimum absolute atomic E-state index is 0.0293. The van der Waals surface area contributed by atoms with Crippen LogP contribution in [0, 0.1) is 11.3 Å². The van der Waals surface area contributed by atoms with Crippen LogP contribution in [-0.2, 0) is 6.42 Å². The third-order valence-corrected chi connectivity index (χ3v) is 1.97. The molecule has 4 nitrogen and oxygen atoms in total. The molecule has 0 saturated heterocycles. The Morgan fingerprint density at radius 2 is 1.92 bits per heavy atom. The maximum Gasteiger partial charge on any atom is 0.163 e. The van der Waals surface area contributed by atoms with Gasteiger partial charge in [0.25, 0.3) is 0 Å². The summed E-state index contributed by atoms with van der Waals surface area (Å²) < 4.78 is 0. The summed E-state index contributed by atoms with van der Waals surface area (Å²) in [5, 5.41) is 35.7. The largest absolute Gasteiger partial charge is 0.506 e. The van der Waals surface area contributed by atoms with Gasteiger partial charge in [0.2, 0.25) is 0 Å². The van der Waals surface area contributed by atoms with Crippen LogP contribution in [0.1, 0.15) is 5.56 Å². The predicted molar refractivity (Wildman–Crippen MR) is 45.8 cm³/mol. The average Bonchev–Trinajstić information content (AvgIpc) is 2.09. The van der Waals surface area contributed by atoms with E-state index in [1.807, 2.05) is 0 Å². The fraction of sp³-hybridized carbons (Fsp3) is 0.125. The van der Waals surface area contributed by atoms with Gasteiger partial charge >= 0.3 is 0 Å². The molecule has 0 heterocycles. The first-order valence-corrected chi connectivity index (χ1v) is 3.75. The summed E-state index contributed by atoms with van der Waals surface area (Å²) >= 11 is 5.58. The van der Waals surface area contributed by atoms with Gasteiger partial charge in [-0.05, 0) is 0 Å². The molecule has 0 fully saturated rings. The molecule has 1 aromatic carbocycles. The molecule has 0 atom stereocenters. The van der Waals surface area contributed by atoms with E-state index in [1.165, 1.54) is 0 Å². The molecule has 13 heavy (non-hydrogen) atoms. The highest BCUT2D eigenvalue weighted by Gasteiger charge is 2.14. The van der Waals surface area contributed by atoms with Crippen LogP contribution < -0.4 is 0 Å². The number of aromatic hydroxyl groups is 3. The third-order valence-electron chi connectivity index (χ3n) is 1.55. The molecule has 0 bridgehead atoms. The maximum atomic E-state index is 9.24. The predicted octanol–water partition coefficient (Wildman–Crippen LogP) is 1.52. The summed E-state index contributed by atoms with van der Waals surface area (Å²) in [6.07, 6.45) is -0.174. The van der Waals surface area contributed by atoms with Gasteiger partial charge in [-0.3, -0.25) is 0 Å². The smallest absolute Gasteiger partial charge is 0.163 e. The summed E-state index contributed by atoms with van der Waals surface area (Å²) in [7, 11) is 0. The second kappa shape index (κ2) is 3.42. The molecule has 0 spiro atoms. The van der Waals surface area contributed by atoms with Gasteiger partial charge in [-0.15, -0.1) is 0 Å². The van der Waals surface area contributed by atoms with Crippen molar-refractivity contribution < 1.29 is 15.3 Å². The molecule has 3 N–H and O–H groups in total. The van der Waals surface area contributed by atoms with Crippen LogP contribution in [0.15, 0.2) is 6.07 Å². The van der Waals surface area contributed by atoms with Gasteiger partial charge in [0.05, 0.1) is 17.5 Å². The molecule has 0 aliphatic carbocycles. The normalized spacial score (nSPS) is 9.54. The molecular weight excluding hydrogens is 194 g/mol. The van der Waals surface area contributed by atoms with Crippen molar-refractivity contribution in [2.24, 2.45) is 0 Å². The molecule has 1 rings (SSSR count). The van der Waals surface area contributed by atoms with E-state index in [4.69, 9.17) is 27.1 Å². The van der Waals surface area contributed by atoms with Gasteiger partial charge in [0.15, 0.2) is 11.5 Å². The van der Waals surface area contributed by atoms with Crippen LogP contribution in [0.4, 0.5) is 0 Å². The highest BCUT2D eigenvalue weighted by Crippen LogP contribution is 2.40. The topological polar surface area (TPSA) is 84.5 Å². The number of benzene rings is 1. The lowest BCUT2D eigenvalue weighted by atomic mass is 10.1. The minimum Gasteiger partial charge on any atom is -0.506 e. The standard InChI is InChI=1S/C8H6ClNO3/c9-7-4(1-2-10)8(13)6(12)3-5(7)11/h3,11-13H,1H2. The number of nitrogens with zero attached hydrogens (tertiary/aromatic N) is 1. The van der Waals surface area contributed by atoms with E-state index in [2.05, 4.69) is 0 Å². The first-order chi connectivity index (χ1) is 6.07. The minimum atomic E-state index is -0.493. The summed E-state index contributed by atoms with van der Waals surface area (Å²) in [4.78, 5) is 0. The van der Waals surface area contributed by atoms with E-state index in [1.54, 1.807) is 6.07 Å². The van der Waals surface area contributed by atoms with Crippen molar-refractivity contribution in [3.05, 3.63) is 16.7 Å². The van der Waals surface area contributed by atoms with Crippen molar-refractivity contribution in [2.75, 3.05) is 0 Å². The SMILES string of the molecule is N#CCc1c(O)c(O)cc(O)c1Cl. The second-order valence-corrected chi connectivity index (χ2v) is 2.77. The van der Waals surface area contributed by atoms with Crippen molar-refractivity contribution >= 4 is 11.6 Å². The van der Waals surface area contributed by atoms with Gasteiger partial charge in [0, 0.05) is 11.6 Å². The average molecular weight is 200 g/mol. The Kier molecular flexibility index (Phi) is 2.49. The fourth-order valence-electron chi connectivity index (χ4n) is 0.915. The molecule has 1 aromatic rings. The summed E-state index contributed by atoms with van der Waals surface area (Å²) in [5.41, 5.74) is 0.0293. The quantitative estimate of drug-likeness (QED) is 0.473. The summed E-state index contributed by atoms with van der Waals surface area (Å²) in [5.74, 6) is -1.32. The van der Waals surface area contributed by atoms with Gasteiger partial charge in [-0.25, -0.2) is 0 Å². The Hall–Kier alpha value is -1.60. The number of nitriles is 1. The van der Waals surface area contributed by atoms with Crippen LogP contribution >= 0.6 is 11.6 Å². The Morgan fingerprint density at radius 1 is 1.31 bits per heavy atom. The number of hydrogen-bond donors (Lipinski definition) is 3. The molecule has 0 amide bonds. The molecule has 0 aliphatic heterocycles. The number of phenols is 3. The van der Waals surface area contributed by atoms with Crippen LogP contribution in [0.3, 0.4) is 0 Å². The lowest BCUT2D eigenvalue weighted by Gasteiger charge is -2.06. The highest BCUT2D eigenvalue weighted by molar-refractivity contribution is 6.33. The van der Waals surface area contributed by atoms with E-state index >= 15 is 0 Å². The first kappa shape index (κ1) is 9.49. The van der Waals surface area contributed by atoms with Crippen molar-refractivity contribution in [1.29, 1.82) is 5.26 Å². The van der Waals surface area contributed by atoms with Crippen molar-refractivity contribution in [1.82, 2.24) is 0 Å². The molecule has 0 aliphatic rings. The molecule has 5 heteroatoms. The van der Waals surface area contributed by atoms with Gasteiger partial charge in [0.1, 0.15) is 5.75 Å². The Labute approximate surface area is 79.2 Å². The number of rotatable bonds is 1. The van der Waals surface area contributed by atoms with Crippen molar-refractivity contribution in [2.45, 2.75) is 6.42 Å². The molecule has 0 aromatic heterocycles. The Morgan fingerprint density at radius 3 is 2.46 bits per heavy atom. The summed E-state index contributed by atoms with van der Waals surface area (Å²) in [6.45, 7) is 0. The van der Waals surface area contributed by atoms with Crippen LogP contribution in [-0.4, -0.2) is 15.3 Å². The van der Waals surface area contributed by atoms with Crippen LogP contribution in [0.5, 0.6) is 17.2 Å². The van der Waals surface area contributed by atoms with Crippen molar-refractivity contribution in [3.8, 4) is 23.3 Å². The second-order valence-electron chi connectivity index (χ2n) is 2.39. The monoisotopic (exact) mass is 199 g/mol. The lowest BCUT2D eigenvalue weighted by molar-refractivity contribution is 0.393. The zero-order valence-electron chi connectivity index (χ0n) is 6.45. The van der Waals surface area contributed by atoms with E-state index < -0.39 is 11.5 Å². The van der Waals surface area contributed by atoms with E-state index in [9.17, 15) is 5.11 Å². The Balaban J connectivity index is 3.39. The van der Waals surface area contributed by atoms with E-state index in [0.717, 1.165) is 6.07 Å². The number of halogens is 1. The molecule has 0 unspecified atom stereocenters. The van der Waals surface area contributed by atoms with E-state index in [-0.39, 0.29) is 22.8 Å². The highest BCUT2D eigenvalue weighted by atomic mass is 35.5. The maximum absolute atomic E-state index is 9.24. The van der Waals surface area contributed by atoms with Gasteiger partial charge < -0.3 is 15.3 Å². The van der Waals surface area contributed by atoms with Crippen molar-refractivity contribution in [3.63, 3.8) is 0 Å². The molecule has 68 valence electrons. The lowest BCUT2D eigenvalue weighted by Crippen LogP contribution is -1.86. The van der Waals surface area contributed by atoms with Crippen LogP contribution in [0.2, 0.25) is 5.02 Å². The molecule has 0 saturated carbocycles. The summed E-state index contributed by atoms with van der Waals surface area (Å²) in [6, 6.07) is 2.67. The van der Waals surface area contributed by atoms with Gasteiger partial charge in [-0.2, -0.15) is 5.26 Å². The zero-order valence-corrected chi connectivity index (χ0v) is 7.21. The zero-order chi connectivity index (χ0) is 10.0. The Bertz CT molecular complexity index is 358. The van der Waals surface area contributed by atoms with Crippen LogP contribution in [0.25, 0.3) is 0 Å². The first-order valence-electron chi connectivity index (χ1n) is 3.37. The molecular formula is C8H6ClNO3. The van der Waals surface area contributed by atoms with Gasteiger partial charge in [-0.1, -0.05) is 11.6 Å². The number of hydrogen-bond acceptors (Lipinski definition) is 4. The van der Waals surface area contributed by atoms with E-state index in [0.29, 0.717) is 0 Å². The third kappa shape index (κ3) is 1.60.